The lowest BCUT2D eigenvalue weighted by Crippen LogP contribution is -2.27. The topological polar surface area (TPSA) is 69.9 Å². The van der Waals surface area contributed by atoms with Crippen molar-refractivity contribution in [1.82, 2.24) is 19.7 Å². The Morgan fingerprint density at radius 2 is 2.10 bits per heavy atom. The summed E-state index contributed by atoms with van der Waals surface area (Å²) in [5.41, 5.74) is 3.06. The van der Waals surface area contributed by atoms with Gasteiger partial charge in [-0.2, -0.15) is 0 Å². The number of imidazole rings is 1. The van der Waals surface area contributed by atoms with Crippen LogP contribution in [0.15, 0.2) is 54.9 Å². The summed E-state index contributed by atoms with van der Waals surface area (Å²) in [6.45, 7) is 1.80. The minimum atomic E-state index is -1.03. The number of pyridine rings is 2. The highest BCUT2D eigenvalue weighted by atomic mass is 19.1. The number of ether oxygens (including phenoxy) is 3. The normalized spacial score (nSPS) is 18.6. The minimum absolute atomic E-state index is 0.313. The van der Waals surface area contributed by atoms with E-state index in [2.05, 4.69) is 10.3 Å². The van der Waals surface area contributed by atoms with Crippen molar-refractivity contribution in [3.05, 3.63) is 54.9 Å². The van der Waals surface area contributed by atoms with E-state index in [4.69, 9.17) is 19.2 Å². The van der Waals surface area contributed by atoms with Crippen molar-refractivity contribution in [2.75, 3.05) is 33.4 Å². The SMILES string of the molecule is COCCOc1ccn2c(-c3ccc4cccc(OC5CNCC5F)c4n3)cnc2c1. The zero-order valence-electron chi connectivity index (χ0n) is 17.1. The molecule has 4 heterocycles. The van der Waals surface area contributed by atoms with Gasteiger partial charge in [0.2, 0.25) is 0 Å². The Balaban J connectivity index is 1.48. The number of halogens is 1. The summed E-state index contributed by atoms with van der Waals surface area (Å²) < 4.78 is 32.7. The van der Waals surface area contributed by atoms with Gasteiger partial charge in [0.25, 0.3) is 0 Å². The van der Waals surface area contributed by atoms with Gasteiger partial charge in [0.05, 0.1) is 24.2 Å². The van der Waals surface area contributed by atoms with Crippen LogP contribution >= 0.6 is 0 Å². The third-order valence-electron chi connectivity index (χ3n) is 5.35. The molecule has 0 amide bonds. The predicted molar refractivity (Wildman–Crippen MR) is 115 cm³/mol. The number of benzene rings is 1. The van der Waals surface area contributed by atoms with Crippen LogP contribution < -0.4 is 14.8 Å². The number of aromatic nitrogens is 3. The Morgan fingerprint density at radius 1 is 1.16 bits per heavy atom. The first-order valence-electron chi connectivity index (χ1n) is 10.2. The van der Waals surface area contributed by atoms with E-state index in [1.807, 2.05) is 53.1 Å². The molecule has 0 saturated carbocycles. The molecule has 1 saturated heterocycles. The van der Waals surface area contributed by atoms with E-state index in [1.165, 1.54) is 0 Å². The Morgan fingerprint density at radius 3 is 2.94 bits per heavy atom. The molecule has 5 rings (SSSR count). The molecule has 160 valence electrons. The third-order valence-corrected chi connectivity index (χ3v) is 5.35. The number of hydrogen-bond donors (Lipinski definition) is 1. The Bertz CT molecular complexity index is 1210. The molecule has 1 aromatic carbocycles. The molecule has 1 N–H and O–H groups in total. The van der Waals surface area contributed by atoms with Crippen molar-refractivity contribution in [1.29, 1.82) is 0 Å². The zero-order valence-corrected chi connectivity index (χ0v) is 17.1. The first kappa shape index (κ1) is 19.7. The number of fused-ring (bicyclic) bond motifs is 2. The average molecular weight is 422 g/mol. The van der Waals surface area contributed by atoms with Crippen LogP contribution in [0, 0.1) is 0 Å². The lowest BCUT2D eigenvalue weighted by Gasteiger charge is -2.16. The molecule has 1 aliphatic heterocycles. The maximum Gasteiger partial charge on any atom is 0.150 e. The van der Waals surface area contributed by atoms with Crippen LogP contribution in [-0.2, 0) is 4.74 Å². The number of hydrogen-bond acceptors (Lipinski definition) is 6. The van der Waals surface area contributed by atoms with E-state index in [0.717, 1.165) is 28.2 Å². The van der Waals surface area contributed by atoms with E-state index < -0.39 is 12.3 Å². The fourth-order valence-electron chi connectivity index (χ4n) is 3.74. The van der Waals surface area contributed by atoms with Gasteiger partial charge in [0.1, 0.15) is 35.4 Å². The zero-order chi connectivity index (χ0) is 21.2. The van der Waals surface area contributed by atoms with Gasteiger partial charge in [0, 0.05) is 37.8 Å². The van der Waals surface area contributed by atoms with Crippen LogP contribution in [0.3, 0.4) is 0 Å². The first-order chi connectivity index (χ1) is 15.2. The molecule has 8 heteroatoms. The summed E-state index contributed by atoms with van der Waals surface area (Å²) in [5, 5.41) is 3.95. The Hall–Kier alpha value is -3.23. The van der Waals surface area contributed by atoms with Gasteiger partial charge >= 0.3 is 0 Å². The number of nitrogens with zero attached hydrogens (tertiary/aromatic N) is 3. The second-order valence-corrected chi connectivity index (χ2v) is 7.43. The maximum atomic E-state index is 14.0. The van der Waals surface area contributed by atoms with Gasteiger partial charge in [-0.1, -0.05) is 18.2 Å². The van der Waals surface area contributed by atoms with Crippen LogP contribution in [0.2, 0.25) is 0 Å². The van der Waals surface area contributed by atoms with E-state index >= 15 is 0 Å². The van der Waals surface area contributed by atoms with Gasteiger partial charge < -0.3 is 19.5 Å². The molecule has 3 aromatic heterocycles. The minimum Gasteiger partial charge on any atom is -0.491 e. The van der Waals surface area contributed by atoms with Crippen molar-refractivity contribution in [2.24, 2.45) is 0 Å². The number of alkyl halides is 1. The highest BCUT2D eigenvalue weighted by molar-refractivity contribution is 5.86. The van der Waals surface area contributed by atoms with Crippen molar-refractivity contribution < 1.29 is 18.6 Å². The molecule has 2 unspecified atom stereocenters. The molecule has 4 aromatic rings. The van der Waals surface area contributed by atoms with Gasteiger partial charge in [-0.25, -0.2) is 14.4 Å². The molecule has 1 aliphatic rings. The second-order valence-electron chi connectivity index (χ2n) is 7.43. The third kappa shape index (κ3) is 3.92. The fraction of sp³-hybridized carbons (Fsp3) is 0.304. The van der Waals surface area contributed by atoms with Crippen molar-refractivity contribution >= 4 is 16.6 Å². The van der Waals surface area contributed by atoms with E-state index in [0.29, 0.717) is 37.6 Å². The van der Waals surface area contributed by atoms with E-state index in [1.54, 1.807) is 13.3 Å². The van der Waals surface area contributed by atoms with Crippen LogP contribution in [0.4, 0.5) is 4.39 Å². The molecule has 0 radical (unpaired) electrons. The molecule has 0 bridgehead atoms. The Kier molecular flexibility index (Phi) is 5.40. The highest BCUT2D eigenvalue weighted by Gasteiger charge is 2.29. The molecule has 0 spiro atoms. The maximum absolute atomic E-state index is 14.0. The quantitative estimate of drug-likeness (QED) is 0.461. The number of methoxy groups -OCH3 is 1. The van der Waals surface area contributed by atoms with E-state index in [9.17, 15) is 4.39 Å². The summed E-state index contributed by atoms with van der Waals surface area (Å²) >= 11 is 0. The fourth-order valence-corrected chi connectivity index (χ4v) is 3.74. The summed E-state index contributed by atoms with van der Waals surface area (Å²) in [6.07, 6.45) is 2.15. The summed E-state index contributed by atoms with van der Waals surface area (Å²) in [5.74, 6) is 1.31. The van der Waals surface area contributed by atoms with Crippen molar-refractivity contribution in [2.45, 2.75) is 12.3 Å². The number of para-hydroxylation sites is 1. The lowest BCUT2D eigenvalue weighted by atomic mass is 10.1. The second kappa shape index (κ2) is 8.49. The molecular weight excluding hydrogens is 399 g/mol. The number of rotatable bonds is 7. The molecule has 31 heavy (non-hydrogen) atoms. The largest absolute Gasteiger partial charge is 0.491 e. The van der Waals surface area contributed by atoms with Gasteiger partial charge in [-0.05, 0) is 18.2 Å². The average Bonchev–Trinajstić information content (AvgIpc) is 3.40. The summed E-state index contributed by atoms with van der Waals surface area (Å²) in [4.78, 5) is 9.34. The monoisotopic (exact) mass is 422 g/mol. The smallest absolute Gasteiger partial charge is 0.150 e. The molecular formula is C23H23FN4O3. The highest BCUT2D eigenvalue weighted by Crippen LogP contribution is 2.30. The van der Waals surface area contributed by atoms with Crippen LogP contribution in [0.5, 0.6) is 11.5 Å². The predicted octanol–water partition coefficient (Wildman–Crippen LogP) is 3.26. The molecule has 7 nitrogen and oxygen atoms in total. The Labute approximate surface area is 178 Å². The van der Waals surface area contributed by atoms with Crippen LogP contribution in [0.25, 0.3) is 27.9 Å². The van der Waals surface area contributed by atoms with Crippen molar-refractivity contribution in [3.63, 3.8) is 0 Å². The van der Waals surface area contributed by atoms with Gasteiger partial charge in [-0.3, -0.25) is 4.40 Å². The van der Waals surface area contributed by atoms with Gasteiger partial charge in [-0.15, -0.1) is 0 Å². The lowest BCUT2D eigenvalue weighted by molar-refractivity contribution is 0.141. The molecule has 0 aliphatic carbocycles. The van der Waals surface area contributed by atoms with Crippen molar-refractivity contribution in [3.8, 4) is 22.9 Å². The summed E-state index contributed by atoms with van der Waals surface area (Å²) in [7, 11) is 1.64. The number of nitrogens with one attached hydrogen (secondary N) is 1. The van der Waals surface area contributed by atoms with Crippen LogP contribution in [0.1, 0.15) is 0 Å². The standard InChI is InChI=1S/C23H23FN4O3/c1-29-9-10-30-16-7-8-28-19(13-26-22(28)11-16)18-6-5-15-3-2-4-20(23(15)27-18)31-21-14-25-12-17(21)24/h2-8,11,13,17,21,25H,9-10,12,14H2,1H3. The molecule has 1 fully saturated rings. The van der Waals surface area contributed by atoms with E-state index in [-0.39, 0.29) is 0 Å². The summed E-state index contributed by atoms with van der Waals surface area (Å²) in [6, 6.07) is 13.4. The first-order valence-corrected chi connectivity index (χ1v) is 10.2. The van der Waals surface area contributed by atoms with Gasteiger partial charge in [0.15, 0.2) is 6.17 Å². The van der Waals surface area contributed by atoms with Crippen LogP contribution in [-0.4, -0.2) is 60.1 Å². The molecule has 2 atom stereocenters.